The second-order valence-electron chi connectivity index (χ2n) is 2.06. The molecule has 70 valence electrons. The van der Waals surface area contributed by atoms with Gasteiger partial charge in [0.2, 0.25) is 5.91 Å². The van der Waals surface area contributed by atoms with Crippen molar-refractivity contribution in [2.75, 3.05) is 17.6 Å². The predicted molar refractivity (Wildman–Crippen MR) is 53.1 cm³/mol. The highest BCUT2D eigenvalue weighted by Crippen LogP contribution is 1.83. The zero-order valence-corrected chi connectivity index (χ0v) is 9.09. The van der Waals surface area contributed by atoms with Crippen molar-refractivity contribution in [2.24, 2.45) is 0 Å². The maximum Gasteiger partial charge on any atom is 0.305 e. The third-order valence-electron chi connectivity index (χ3n) is 1.10. The number of carbonyl (C=O) groups is 2. The van der Waals surface area contributed by atoms with Crippen molar-refractivity contribution in [3.8, 4) is 0 Å². The molecule has 0 aromatic heterocycles. The first-order chi connectivity index (χ1) is 5.70. The molecule has 0 unspecified atom stereocenters. The summed E-state index contributed by atoms with van der Waals surface area (Å²) in [5.74, 6) is -0.276. The molecule has 4 nitrogen and oxygen atoms in total. The lowest BCUT2D eigenvalue weighted by Gasteiger charge is -2.03. The molecule has 0 aliphatic heterocycles. The standard InChI is InChI=1S/C7H12INO3/c1-2-7(11)12-4-3-9-6(10)5-8/h2-5H2,1H3,(H,9,10). The van der Waals surface area contributed by atoms with Crippen LogP contribution >= 0.6 is 22.6 Å². The fraction of sp³-hybridized carbons (Fsp3) is 0.714. The van der Waals surface area contributed by atoms with Gasteiger partial charge >= 0.3 is 5.97 Å². The second kappa shape index (κ2) is 7.33. The predicted octanol–water partition coefficient (Wildman–Crippen LogP) is 0.491. The number of nitrogens with one attached hydrogen (secondary N) is 1. The van der Waals surface area contributed by atoms with Gasteiger partial charge in [-0.2, -0.15) is 0 Å². The first kappa shape index (κ1) is 11.7. The van der Waals surface area contributed by atoms with Crippen LogP contribution in [0.2, 0.25) is 0 Å². The number of hydrogen-bond donors (Lipinski definition) is 1. The van der Waals surface area contributed by atoms with E-state index < -0.39 is 0 Å². The molecule has 0 fully saturated rings. The van der Waals surface area contributed by atoms with Gasteiger partial charge < -0.3 is 10.1 Å². The summed E-state index contributed by atoms with van der Waals surface area (Å²) in [5, 5.41) is 2.59. The van der Waals surface area contributed by atoms with Crippen LogP contribution in [0, 0.1) is 0 Å². The Labute approximate surface area is 85.2 Å². The lowest BCUT2D eigenvalue weighted by atomic mass is 10.5. The van der Waals surface area contributed by atoms with E-state index in [4.69, 9.17) is 4.74 Å². The minimum atomic E-state index is -0.237. The van der Waals surface area contributed by atoms with E-state index in [1.54, 1.807) is 6.92 Å². The van der Waals surface area contributed by atoms with Gasteiger partial charge in [-0.25, -0.2) is 0 Å². The van der Waals surface area contributed by atoms with Gasteiger partial charge in [-0.15, -0.1) is 0 Å². The minimum absolute atomic E-state index is 0.0388. The van der Waals surface area contributed by atoms with Gasteiger partial charge in [-0.05, 0) is 0 Å². The zero-order valence-electron chi connectivity index (χ0n) is 6.93. The van der Waals surface area contributed by atoms with Crippen LogP contribution in [-0.2, 0) is 14.3 Å². The molecule has 0 atom stereocenters. The van der Waals surface area contributed by atoms with Crippen molar-refractivity contribution in [3.63, 3.8) is 0 Å². The van der Waals surface area contributed by atoms with Gasteiger partial charge in [0, 0.05) is 6.42 Å². The summed E-state index contributed by atoms with van der Waals surface area (Å²) in [4.78, 5) is 21.3. The summed E-state index contributed by atoms with van der Waals surface area (Å²) < 4.78 is 5.16. The molecule has 0 rings (SSSR count). The van der Waals surface area contributed by atoms with E-state index in [0.717, 1.165) is 0 Å². The van der Waals surface area contributed by atoms with E-state index in [1.807, 2.05) is 22.6 Å². The average molecular weight is 285 g/mol. The summed E-state index contributed by atoms with van der Waals surface area (Å²) in [6, 6.07) is 0. The molecule has 0 aromatic rings. The van der Waals surface area contributed by atoms with Crippen molar-refractivity contribution in [1.29, 1.82) is 0 Å². The molecule has 0 saturated heterocycles. The molecule has 0 spiro atoms. The van der Waals surface area contributed by atoms with Crippen molar-refractivity contribution < 1.29 is 14.3 Å². The molecule has 0 bridgehead atoms. The van der Waals surface area contributed by atoms with Crippen LogP contribution in [0.4, 0.5) is 0 Å². The molecule has 0 heterocycles. The number of carbonyl (C=O) groups excluding carboxylic acids is 2. The van der Waals surface area contributed by atoms with E-state index in [1.165, 1.54) is 0 Å². The SMILES string of the molecule is CCC(=O)OCCNC(=O)CI. The first-order valence-electron chi connectivity index (χ1n) is 3.69. The smallest absolute Gasteiger partial charge is 0.305 e. The lowest BCUT2D eigenvalue weighted by Crippen LogP contribution is -2.28. The summed E-state index contributed by atoms with van der Waals surface area (Å²) in [7, 11) is 0. The summed E-state index contributed by atoms with van der Waals surface area (Å²) >= 11 is 1.97. The van der Waals surface area contributed by atoms with Gasteiger partial charge in [0.1, 0.15) is 6.61 Å². The Kier molecular flexibility index (Phi) is 7.12. The van der Waals surface area contributed by atoms with Crippen LogP contribution in [-0.4, -0.2) is 29.5 Å². The third-order valence-corrected chi connectivity index (χ3v) is 1.79. The Bertz CT molecular complexity index is 143. The van der Waals surface area contributed by atoms with E-state index in [0.29, 0.717) is 17.4 Å². The molecule has 1 amide bonds. The van der Waals surface area contributed by atoms with Crippen molar-refractivity contribution in [2.45, 2.75) is 13.3 Å². The molecule has 0 aliphatic carbocycles. The fourth-order valence-electron chi connectivity index (χ4n) is 0.505. The highest BCUT2D eigenvalue weighted by Gasteiger charge is 1.99. The molecule has 0 aliphatic rings. The fourth-order valence-corrected chi connectivity index (χ4v) is 0.774. The van der Waals surface area contributed by atoms with Crippen LogP contribution in [0.25, 0.3) is 0 Å². The normalized spacial score (nSPS) is 9.17. The maximum absolute atomic E-state index is 10.7. The van der Waals surface area contributed by atoms with Gasteiger partial charge in [0.05, 0.1) is 11.0 Å². The van der Waals surface area contributed by atoms with Crippen LogP contribution < -0.4 is 5.32 Å². The van der Waals surface area contributed by atoms with E-state index in [9.17, 15) is 9.59 Å². The summed E-state index contributed by atoms with van der Waals surface area (Å²) in [6.45, 7) is 2.38. The lowest BCUT2D eigenvalue weighted by molar-refractivity contribution is -0.143. The third kappa shape index (κ3) is 6.38. The number of halogens is 1. The summed E-state index contributed by atoms with van der Waals surface area (Å²) in [5.41, 5.74) is 0. The molecule has 1 N–H and O–H groups in total. The molecule has 12 heavy (non-hydrogen) atoms. The zero-order chi connectivity index (χ0) is 9.40. The van der Waals surface area contributed by atoms with Gasteiger partial charge in [-0.1, -0.05) is 29.5 Å². The average Bonchev–Trinajstić information content (AvgIpc) is 2.11. The number of rotatable bonds is 5. The Balaban J connectivity index is 3.21. The Hall–Kier alpha value is -0.330. The molecule has 0 radical (unpaired) electrons. The number of hydrogen-bond acceptors (Lipinski definition) is 3. The second-order valence-corrected chi connectivity index (χ2v) is 2.82. The Morgan fingerprint density at radius 3 is 2.67 bits per heavy atom. The van der Waals surface area contributed by atoms with Gasteiger partial charge in [0.15, 0.2) is 0 Å². The van der Waals surface area contributed by atoms with Gasteiger partial charge in [-0.3, -0.25) is 9.59 Å². The molecular weight excluding hydrogens is 273 g/mol. The van der Waals surface area contributed by atoms with Crippen LogP contribution in [0.5, 0.6) is 0 Å². The largest absolute Gasteiger partial charge is 0.464 e. The van der Waals surface area contributed by atoms with E-state index in [2.05, 4.69) is 5.32 Å². The quantitative estimate of drug-likeness (QED) is 0.346. The monoisotopic (exact) mass is 285 g/mol. The van der Waals surface area contributed by atoms with Crippen LogP contribution in [0.1, 0.15) is 13.3 Å². The highest BCUT2D eigenvalue weighted by atomic mass is 127. The van der Waals surface area contributed by atoms with Crippen molar-refractivity contribution in [3.05, 3.63) is 0 Å². The summed E-state index contributed by atoms with van der Waals surface area (Å²) in [6.07, 6.45) is 0.375. The molecule has 0 aromatic carbocycles. The van der Waals surface area contributed by atoms with Crippen molar-refractivity contribution >= 4 is 34.5 Å². The Morgan fingerprint density at radius 1 is 1.50 bits per heavy atom. The topological polar surface area (TPSA) is 55.4 Å². The number of alkyl halides is 1. The molecule has 5 heteroatoms. The first-order valence-corrected chi connectivity index (χ1v) is 5.21. The van der Waals surface area contributed by atoms with E-state index >= 15 is 0 Å². The number of esters is 1. The van der Waals surface area contributed by atoms with E-state index in [-0.39, 0.29) is 18.5 Å². The number of ether oxygens (including phenoxy) is 1. The van der Waals surface area contributed by atoms with Crippen molar-refractivity contribution in [1.82, 2.24) is 5.32 Å². The van der Waals surface area contributed by atoms with Gasteiger partial charge in [0.25, 0.3) is 0 Å². The molecule has 0 saturated carbocycles. The molecular formula is C7H12INO3. The Morgan fingerprint density at radius 2 is 2.17 bits per heavy atom. The highest BCUT2D eigenvalue weighted by molar-refractivity contribution is 14.1. The van der Waals surface area contributed by atoms with Crippen LogP contribution in [0.15, 0.2) is 0 Å². The van der Waals surface area contributed by atoms with Crippen LogP contribution in [0.3, 0.4) is 0 Å². The minimum Gasteiger partial charge on any atom is -0.464 e. The number of amides is 1. The maximum atomic E-state index is 10.7.